The van der Waals surface area contributed by atoms with Gasteiger partial charge in [-0.1, -0.05) is 13.8 Å². The van der Waals surface area contributed by atoms with Crippen molar-refractivity contribution in [3.05, 3.63) is 29.1 Å². The first-order chi connectivity index (χ1) is 10.00. The number of hydrogen-bond donors (Lipinski definition) is 1. The van der Waals surface area contributed by atoms with Crippen LogP contribution in [-0.2, 0) is 16.6 Å². The van der Waals surface area contributed by atoms with E-state index in [0.29, 0.717) is 24.3 Å². The molecule has 1 aliphatic heterocycles. The van der Waals surface area contributed by atoms with Gasteiger partial charge < -0.3 is 9.84 Å². The second-order valence-electron chi connectivity index (χ2n) is 6.14. The van der Waals surface area contributed by atoms with Crippen molar-refractivity contribution >= 4 is 6.29 Å². The van der Waals surface area contributed by atoms with Gasteiger partial charge in [0.25, 0.3) is 0 Å². The Morgan fingerprint density at radius 2 is 1.95 bits per heavy atom. The lowest BCUT2D eigenvalue weighted by atomic mass is 9.74. The smallest absolute Gasteiger partial charge is 0.424 e. The molecule has 0 spiro atoms. The van der Waals surface area contributed by atoms with E-state index >= 15 is 0 Å². The molecular formula is C15H16F4O3. The normalized spacial score (nSPS) is 17.6. The molecule has 0 aromatic heterocycles. The van der Waals surface area contributed by atoms with E-state index in [0.717, 1.165) is 6.07 Å². The number of aliphatic hydroxyl groups is 1. The molecule has 1 aromatic rings. The van der Waals surface area contributed by atoms with E-state index in [9.17, 15) is 27.5 Å². The Bertz CT molecular complexity index is 595. The van der Waals surface area contributed by atoms with Crippen LogP contribution in [0.1, 0.15) is 31.4 Å². The quantitative estimate of drug-likeness (QED) is 0.685. The van der Waals surface area contributed by atoms with Crippen LogP contribution in [0, 0.1) is 5.82 Å². The van der Waals surface area contributed by atoms with Crippen molar-refractivity contribution in [2.24, 2.45) is 0 Å². The Kier molecular flexibility index (Phi) is 3.97. The summed E-state index contributed by atoms with van der Waals surface area (Å²) in [6.07, 6.45) is -6.09. The van der Waals surface area contributed by atoms with Gasteiger partial charge in [-0.05, 0) is 17.5 Å². The average Bonchev–Trinajstić information content (AvgIpc) is 2.83. The summed E-state index contributed by atoms with van der Waals surface area (Å²) in [6, 6.07) is 2.36. The number of ether oxygens (including phenoxy) is 1. The van der Waals surface area contributed by atoms with Gasteiger partial charge in [0.1, 0.15) is 11.6 Å². The van der Waals surface area contributed by atoms with Crippen LogP contribution in [-0.4, -0.2) is 29.8 Å². The zero-order chi connectivity index (χ0) is 16.8. The number of aldehydes is 1. The highest BCUT2D eigenvalue weighted by Crippen LogP contribution is 2.45. The van der Waals surface area contributed by atoms with E-state index in [-0.39, 0.29) is 5.56 Å². The Labute approximate surface area is 124 Å². The molecule has 0 aliphatic carbocycles. The van der Waals surface area contributed by atoms with Gasteiger partial charge in [-0.25, -0.2) is 4.39 Å². The van der Waals surface area contributed by atoms with Gasteiger partial charge in [0, 0.05) is 24.0 Å². The lowest BCUT2D eigenvalue weighted by molar-refractivity contribution is -0.250. The third-order valence-electron chi connectivity index (χ3n) is 3.87. The van der Waals surface area contributed by atoms with Crippen LogP contribution in [0.3, 0.4) is 0 Å². The molecule has 1 aromatic carbocycles. The first kappa shape index (κ1) is 16.7. The first-order valence-electron chi connectivity index (χ1n) is 6.71. The minimum atomic E-state index is -5.11. The summed E-state index contributed by atoms with van der Waals surface area (Å²) in [5.41, 5.74) is -4.02. The van der Waals surface area contributed by atoms with Crippen LogP contribution in [0.2, 0.25) is 0 Å². The van der Waals surface area contributed by atoms with Gasteiger partial charge in [0.2, 0.25) is 5.60 Å². The molecule has 0 fully saturated rings. The second kappa shape index (κ2) is 5.22. The largest absolute Gasteiger partial charge is 0.493 e. The third-order valence-corrected chi connectivity index (χ3v) is 3.87. The summed E-state index contributed by atoms with van der Waals surface area (Å²) >= 11 is 0. The van der Waals surface area contributed by atoms with Gasteiger partial charge in [-0.15, -0.1) is 0 Å². The molecule has 1 aliphatic rings. The molecule has 0 saturated heterocycles. The van der Waals surface area contributed by atoms with Crippen molar-refractivity contribution in [1.29, 1.82) is 0 Å². The predicted octanol–water partition coefficient (Wildman–Crippen LogP) is 2.92. The number of benzene rings is 1. The van der Waals surface area contributed by atoms with Gasteiger partial charge in [0.15, 0.2) is 6.29 Å². The summed E-state index contributed by atoms with van der Waals surface area (Å²) in [6.45, 7) is 3.13. The van der Waals surface area contributed by atoms with Crippen molar-refractivity contribution < 1.29 is 32.2 Å². The fourth-order valence-corrected chi connectivity index (χ4v) is 2.75. The molecule has 2 rings (SSSR count). The summed E-state index contributed by atoms with van der Waals surface area (Å²) in [4.78, 5) is 10.8. The summed E-state index contributed by atoms with van der Waals surface area (Å²) < 4.78 is 57.8. The summed E-state index contributed by atoms with van der Waals surface area (Å²) in [7, 11) is 0. The lowest BCUT2D eigenvalue weighted by Crippen LogP contribution is -2.50. The van der Waals surface area contributed by atoms with E-state index in [2.05, 4.69) is 0 Å². The van der Waals surface area contributed by atoms with E-state index in [1.165, 1.54) is 19.9 Å². The van der Waals surface area contributed by atoms with Crippen molar-refractivity contribution in [3.63, 3.8) is 0 Å². The molecule has 0 bridgehead atoms. The van der Waals surface area contributed by atoms with Crippen LogP contribution in [0.5, 0.6) is 5.75 Å². The second-order valence-corrected chi connectivity index (χ2v) is 6.14. The summed E-state index contributed by atoms with van der Waals surface area (Å²) in [5.74, 6) is -0.254. The van der Waals surface area contributed by atoms with E-state index < -0.39 is 35.7 Å². The highest BCUT2D eigenvalue weighted by atomic mass is 19.4. The molecule has 22 heavy (non-hydrogen) atoms. The van der Waals surface area contributed by atoms with E-state index in [1.54, 1.807) is 0 Å². The van der Waals surface area contributed by atoms with Crippen LogP contribution in [0.15, 0.2) is 12.1 Å². The molecule has 1 atom stereocenters. The Morgan fingerprint density at radius 3 is 2.50 bits per heavy atom. The van der Waals surface area contributed by atoms with Gasteiger partial charge in [-0.2, -0.15) is 13.2 Å². The minimum absolute atomic E-state index is 0.213. The average molecular weight is 320 g/mol. The molecular weight excluding hydrogens is 304 g/mol. The van der Waals surface area contributed by atoms with Crippen molar-refractivity contribution in [1.82, 2.24) is 0 Å². The number of rotatable bonds is 4. The van der Waals surface area contributed by atoms with Crippen LogP contribution in [0.25, 0.3) is 0 Å². The maximum absolute atomic E-state index is 13.7. The number of fused-ring (bicyclic) bond motifs is 1. The Morgan fingerprint density at radius 1 is 1.32 bits per heavy atom. The van der Waals surface area contributed by atoms with Crippen molar-refractivity contribution in [2.45, 2.75) is 43.9 Å². The monoisotopic (exact) mass is 320 g/mol. The Balaban J connectivity index is 2.46. The highest BCUT2D eigenvalue weighted by molar-refractivity contribution is 5.64. The molecule has 1 N–H and O–H groups in total. The van der Waals surface area contributed by atoms with Crippen molar-refractivity contribution in [3.8, 4) is 5.75 Å². The number of halogens is 4. The molecule has 0 amide bonds. The SMILES string of the molecule is CC(C)(C[C@](O)(C=O)C(F)(F)F)c1cc(F)cc2c1OCC2. The first-order valence-corrected chi connectivity index (χ1v) is 6.71. The lowest BCUT2D eigenvalue weighted by Gasteiger charge is -2.35. The number of carbonyl (C=O) groups excluding carboxylic acids is 1. The molecule has 122 valence electrons. The fourth-order valence-electron chi connectivity index (χ4n) is 2.75. The third kappa shape index (κ3) is 2.82. The van der Waals surface area contributed by atoms with Gasteiger partial charge >= 0.3 is 6.18 Å². The molecule has 3 nitrogen and oxygen atoms in total. The number of hydrogen-bond acceptors (Lipinski definition) is 3. The molecule has 1 heterocycles. The molecule has 0 saturated carbocycles. The molecule has 7 heteroatoms. The zero-order valence-electron chi connectivity index (χ0n) is 12.1. The maximum Gasteiger partial charge on any atom is 0.424 e. The van der Waals surface area contributed by atoms with E-state index in [4.69, 9.17) is 4.74 Å². The Hall–Kier alpha value is -1.63. The van der Waals surface area contributed by atoms with Crippen molar-refractivity contribution in [2.75, 3.05) is 6.61 Å². The van der Waals surface area contributed by atoms with Crippen LogP contribution < -0.4 is 4.74 Å². The van der Waals surface area contributed by atoms with Crippen LogP contribution in [0.4, 0.5) is 17.6 Å². The predicted molar refractivity (Wildman–Crippen MR) is 70.3 cm³/mol. The minimum Gasteiger partial charge on any atom is -0.493 e. The maximum atomic E-state index is 13.7. The van der Waals surface area contributed by atoms with Gasteiger partial charge in [-0.3, -0.25) is 4.79 Å². The number of carbonyl (C=O) groups is 1. The van der Waals surface area contributed by atoms with Gasteiger partial charge in [0.05, 0.1) is 6.61 Å². The topological polar surface area (TPSA) is 46.5 Å². The zero-order valence-corrected chi connectivity index (χ0v) is 12.1. The fraction of sp³-hybridized carbons (Fsp3) is 0.533. The molecule has 0 unspecified atom stereocenters. The van der Waals surface area contributed by atoms with E-state index in [1.807, 2.05) is 0 Å². The highest BCUT2D eigenvalue weighted by Gasteiger charge is 2.56. The summed E-state index contributed by atoms with van der Waals surface area (Å²) in [5, 5.41) is 9.64. The number of alkyl halides is 3. The van der Waals surface area contributed by atoms with Crippen LogP contribution >= 0.6 is 0 Å². The standard InChI is InChI=1S/C15H16F4O3/c1-13(2,7-14(21,8-20)15(17,18)19)11-6-10(16)5-9-3-4-22-12(9)11/h5-6,8,21H,3-4,7H2,1-2H3/t14-/m0/s1. The molecule has 0 radical (unpaired) electrons.